The Hall–Kier alpha value is -3.31. The van der Waals surface area contributed by atoms with Crippen LogP contribution >= 0.6 is 0 Å². The fraction of sp³-hybridized carbons (Fsp3) is 0.321. The van der Waals surface area contributed by atoms with Crippen LogP contribution in [0.15, 0.2) is 72.8 Å². The van der Waals surface area contributed by atoms with Gasteiger partial charge in [0.15, 0.2) is 11.5 Å². The van der Waals surface area contributed by atoms with Gasteiger partial charge < -0.3 is 14.8 Å². The minimum atomic E-state index is -0.172. The third-order valence-electron chi connectivity index (χ3n) is 5.59. The van der Waals surface area contributed by atoms with Gasteiger partial charge in [-0.2, -0.15) is 0 Å². The van der Waals surface area contributed by atoms with Gasteiger partial charge in [0.1, 0.15) is 6.61 Å². The molecular weight excluding hydrogens is 412 g/mol. The molecule has 5 heteroatoms. The zero-order valence-electron chi connectivity index (χ0n) is 20.2. The molecule has 1 N–H and O–H groups in total. The van der Waals surface area contributed by atoms with Crippen LogP contribution in [0, 0.1) is 0 Å². The summed E-state index contributed by atoms with van der Waals surface area (Å²) in [5.41, 5.74) is 3.33. The number of rotatable bonds is 10. The van der Waals surface area contributed by atoms with Crippen molar-refractivity contribution in [1.29, 1.82) is 0 Å². The van der Waals surface area contributed by atoms with Crippen molar-refractivity contribution >= 4 is 11.6 Å². The van der Waals surface area contributed by atoms with Gasteiger partial charge in [-0.15, -0.1) is 0 Å². The van der Waals surface area contributed by atoms with Crippen molar-refractivity contribution in [3.8, 4) is 22.6 Å². The van der Waals surface area contributed by atoms with Crippen molar-refractivity contribution in [1.82, 2.24) is 4.90 Å². The Labute approximate surface area is 197 Å². The minimum Gasteiger partial charge on any atom is -0.493 e. The van der Waals surface area contributed by atoms with E-state index in [0.29, 0.717) is 41.4 Å². The van der Waals surface area contributed by atoms with E-state index in [9.17, 15) is 4.79 Å². The second kappa shape index (κ2) is 11.5. The molecule has 0 saturated carbocycles. The highest BCUT2D eigenvalue weighted by Gasteiger charge is 2.15. The van der Waals surface area contributed by atoms with Crippen molar-refractivity contribution in [2.75, 3.05) is 25.6 Å². The molecule has 3 rings (SSSR count). The Morgan fingerprint density at radius 1 is 0.848 bits per heavy atom. The molecule has 0 aliphatic carbocycles. The maximum atomic E-state index is 12.9. The van der Waals surface area contributed by atoms with Crippen LogP contribution in [-0.4, -0.2) is 43.2 Å². The standard InChI is InChI=1S/C28H34N2O3/c1-20(2)30(21(3)4)16-17-33-27-19-25(14-15-26(27)32-5)29-28(31)24-13-9-12-23(18-24)22-10-7-6-8-11-22/h6-15,18-21H,16-17H2,1-5H3,(H,29,31). The predicted octanol–water partition coefficient (Wildman–Crippen LogP) is 6.11. The number of anilines is 1. The lowest BCUT2D eigenvalue weighted by molar-refractivity contribution is 0.102. The van der Waals surface area contributed by atoms with Crippen LogP contribution < -0.4 is 14.8 Å². The average molecular weight is 447 g/mol. The van der Waals surface area contributed by atoms with Gasteiger partial charge in [-0.1, -0.05) is 42.5 Å². The van der Waals surface area contributed by atoms with Crippen molar-refractivity contribution in [3.05, 3.63) is 78.4 Å². The highest BCUT2D eigenvalue weighted by Crippen LogP contribution is 2.31. The lowest BCUT2D eigenvalue weighted by atomic mass is 10.0. The molecule has 3 aromatic rings. The maximum absolute atomic E-state index is 12.9. The largest absolute Gasteiger partial charge is 0.493 e. The van der Waals surface area contributed by atoms with E-state index in [1.165, 1.54) is 0 Å². The summed E-state index contributed by atoms with van der Waals surface area (Å²) < 4.78 is 11.5. The molecule has 3 aromatic carbocycles. The van der Waals surface area contributed by atoms with Crippen LogP contribution in [0.3, 0.4) is 0 Å². The predicted molar refractivity (Wildman–Crippen MR) is 135 cm³/mol. The monoisotopic (exact) mass is 446 g/mol. The Morgan fingerprint density at radius 3 is 2.21 bits per heavy atom. The first-order valence-electron chi connectivity index (χ1n) is 11.4. The van der Waals surface area contributed by atoms with E-state index in [0.717, 1.165) is 17.7 Å². The molecule has 0 atom stereocenters. The summed E-state index contributed by atoms with van der Waals surface area (Å²) >= 11 is 0. The number of methoxy groups -OCH3 is 1. The minimum absolute atomic E-state index is 0.172. The van der Waals surface area contributed by atoms with Crippen LogP contribution in [-0.2, 0) is 0 Å². The summed E-state index contributed by atoms with van der Waals surface area (Å²) in [6.07, 6.45) is 0. The van der Waals surface area contributed by atoms with Gasteiger partial charge in [0, 0.05) is 35.9 Å². The van der Waals surface area contributed by atoms with Crippen molar-refractivity contribution in [2.24, 2.45) is 0 Å². The van der Waals surface area contributed by atoms with E-state index in [1.807, 2.05) is 72.8 Å². The first-order valence-corrected chi connectivity index (χ1v) is 11.4. The number of nitrogens with zero attached hydrogens (tertiary/aromatic N) is 1. The zero-order valence-corrected chi connectivity index (χ0v) is 20.2. The first kappa shape index (κ1) is 24.3. The molecule has 174 valence electrons. The second-order valence-electron chi connectivity index (χ2n) is 8.54. The van der Waals surface area contributed by atoms with Crippen molar-refractivity contribution < 1.29 is 14.3 Å². The number of hydrogen-bond donors (Lipinski definition) is 1. The quantitative estimate of drug-likeness (QED) is 0.408. The molecule has 0 aromatic heterocycles. The third kappa shape index (κ3) is 6.59. The average Bonchev–Trinajstić information content (AvgIpc) is 2.82. The number of nitrogens with one attached hydrogen (secondary N) is 1. The fourth-order valence-corrected chi connectivity index (χ4v) is 3.91. The summed E-state index contributed by atoms with van der Waals surface area (Å²) in [7, 11) is 1.62. The summed E-state index contributed by atoms with van der Waals surface area (Å²) in [5, 5.41) is 2.98. The van der Waals surface area contributed by atoms with Gasteiger partial charge in [-0.3, -0.25) is 9.69 Å². The van der Waals surface area contributed by atoms with E-state index >= 15 is 0 Å². The van der Waals surface area contributed by atoms with Crippen molar-refractivity contribution in [2.45, 2.75) is 39.8 Å². The Kier molecular flexibility index (Phi) is 8.50. The third-order valence-corrected chi connectivity index (χ3v) is 5.59. The van der Waals surface area contributed by atoms with Gasteiger partial charge in [-0.05, 0) is 63.1 Å². The molecule has 0 aliphatic rings. The van der Waals surface area contributed by atoms with Crippen LogP contribution in [0.25, 0.3) is 11.1 Å². The normalized spacial score (nSPS) is 11.2. The van der Waals surface area contributed by atoms with Gasteiger partial charge in [0.25, 0.3) is 5.91 Å². The highest BCUT2D eigenvalue weighted by molar-refractivity contribution is 6.05. The Balaban J connectivity index is 1.71. The molecule has 5 nitrogen and oxygen atoms in total. The van der Waals surface area contributed by atoms with Gasteiger partial charge >= 0.3 is 0 Å². The molecular formula is C28H34N2O3. The second-order valence-corrected chi connectivity index (χ2v) is 8.54. The molecule has 0 heterocycles. The summed E-state index contributed by atoms with van der Waals surface area (Å²) in [5.74, 6) is 1.08. The molecule has 0 fully saturated rings. The molecule has 0 saturated heterocycles. The summed E-state index contributed by atoms with van der Waals surface area (Å²) in [4.78, 5) is 15.3. The number of ether oxygens (including phenoxy) is 2. The zero-order chi connectivity index (χ0) is 23.8. The molecule has 0 unspecified atom stereocenters. The smallest absolute Gasteiger partial charge is 0.255 e. The molecule has 0 aliphatic heterocycles. The van der Waals surface area contributed by atoms with E-state index in [-0.39, 0.29) is 5.91 Å². The lowest BCUT2D eigenvalue weighted by Crippen LogP contribution is -2.39. The molecule has 1 amide bonds. The van der Waals surface area contributed by atoms with Crippen molar-refractivity contribution in [3.63, 3.8) is 0 Å². The van der Waals surface area contributed by atoms with E-state index in [2.05, 4.69) is 37.9 Å². The number of carbonyl (C=O) groups excluding carboxylic acids is 1. The molecule has 0 radical (unpaired) electrons. The van der Waals surface area contributed by atoms with E-state index in [1.54, 1.807) is 7.11 Å². The first-order chi connectivity index (χ1) is 15.9. The number of amides is 1. The SMILES string of the molecule is COc1ccc(NC(=O)c2cccc(-c3ccccc3)c2)cc1OCCN(C(C)C)C(C)C. The van der Waals surface area contributed by atoms with Gasteiger partial charge in [0.2, 0.25) is 0 Å². The van der Waals surface area contributed by atoms with E-state index < -0.39 is 0 Å². The van der Waals surface area contributed by atoms with Crippen LogP contribution in [0.5, 0.6) is 11.5 Å². The molecule has 33 heavy (non-hydrogen) atoms. The lowest BCUT2D eigenvalue weighted by Gasteiger charge is -2.30. The summed E-state index contributed by atoms with van der Waals surface area (Å²) in [6, 6.07) is 24.0. The van der Waals surface area contributed by atoms with Crippen LogP contribution in [0.1, 0.15) is 38.1 Å². The number of carbonyl (C=O) groups is 1. The number of benzene rings is 3. The highest BCUT2D eigenvalue weighted by atomic mass is 16.5. The van der Waals surface area contributed by atoms with Crippen LogP contribution in [0.2, 0.25) is 0 Å². The Bertz CT molecular complexity index is 1040. The summed E-state index contributed by atoms with van der Waals surface area (Å²) in [6.45, 7) is 10.1. The molecule has 0 bridgehead atoms. The van der Waals surface area contributed by atoms with E-state index in [4.69, 9.17) is 9.47 Å². The maximum Gasteiger partial charge on any atom is 0.255 e. The Morgan fingerprint density at radius 2 is 1.55 bits per heavy atom. The number of hydrogen-bond acceptors (Lipinski definition) is 4. The molecule has 0 spiro atoms. The fourth-order valence-electron chi connectivity index (χ4n) is 3.91. The topological polar surface area (TPSA) is 50.8 Å². The van der Waals surface area contributed by atoms with Gasteiger partial charge in [0.05, 0.1) is 7.11 Å². The van der Waals surface area contributed by atoms with Crippen LogP contribution in [0.4, 0.5) is 5.69 Å². The van der Waals surface area contributed by atoms with Gasteiger partial charge in [-0.25, -0.2) is 0 Å².